The molecule has 0 spiro atoms. The van der Waals surface area contributed by atoms with E-state index in [1.54, 1.807) is 6.92 Å². The van der Waals surface area contributed by atoms with Crippen molar-refractivity contribution < 1.29 is 8.78 Å². The molecule has 2 heterocycles. The van der Waals surface area contributed by atoms with Gasteiger partial charge in [0.2, 0.25) is 0 Å². The van der Waals surface area contributed by atoms with Crippen molar-refractivity contribution in [1.29, 1.82) is 0 Å². The number of fused-ring (bicyclic) bond motifs is 1. The van der Waals surface area contributed by atoms with E-state index in [9.17, 15) is 13.6 Å². The maximum absolute atomic E-state index is 14.0. The molecule has 2 aromatic heterocycles. The van der Waals surface area contributed by atoms with E-state index in [4.69, 9.17) is 0 Å². The van der Waals surface area contributed by atoms with Crippen molar-refractivity contribution in [3.8, 4) is 10.4 Å². The third-order valence-electron chi connectivity index (χ3n) is 2.85. The summed E-state index contributed by atoms with van der Waals surface area (Å²) in [7, 11) is 0. The topological polar surface area (TPSA) is 45.8 Å². The summed E-state index contributed by atoms with van der Waals surface area (Å²) < 4.78 is 28.2. The fraction of sp³-hybridized carbons (Fsp3) is 0.0769. The van der Waals surface area contributed by atoms with Crippen LogP contribution in [0.15, 0.2) is 29.3 Å². The van der Waals surface area contributed by atoms with Crippen molar-refractivity contribution in [2.24, 2.45) is 0 Å². The second kappa shape index (κ2) is 4.24. The molecule has 0 aliphatic heterocycles. The lowest BCUT2D eigenvalue weighted by Crippen LogP contribution is -2.02. The number of thiophene rings is 1. The minimum atomic E-state index is -0.647. The number of rotatable bonds is 1. The average molecular weight is 278 g/mol. The van der Waals surface area contributed by atoms with E-state index in [-0.39, 0.29) is 11.1 Å². The lowest BCUT2D eigenvalue weighted by molar-refractivity contribution is 0.584. The highest BCUT2D eigenvalue weighted by Crippen LogP contribution is 2.35. The predicted molar refractivity (Wildman–Crippen MR) is 70.3 cm³/mol. The lowest BCUT2D eigenvalue weighted by Gasteiger charge is -2.04. The van der Waals surface area contributed by atoms with Gasteiger partial charge in [-0.25, -0.2) is 13.8 Å². The molecule has 3 aromatic rings. The summed E-state index contributed by atoms with van der Waals surface area (Å²) in [4.78, 5) is 18.4. The van der Waals surface area contributed by atoms with Gasteiger partial charge in [0, 0.05) is 4.88 Å². The Morgan fingerprint density at radius 3 is 2.84 bits per heavy atom. The van der Waals surface area contributed by atoms with Gasteiger partial charge in [-0.3, -0.25) is 4.79 Å². The van der Waals surface area contributed by atoms with Crippen molar-refractivity contribution >= 4 is 21.6 Å². The summed E-state index contributed by atoms with van der Waals surface area (Å²) in [6.45, 7) is 1.57. The van der Waals surface area contributed by atoms with Gasteiger partial charge in [-0.15, -0.1) is 11.3 Å². The molecule has 6 heteroatoms. The second-order valence-electron chi connectivity index (χ2n) is 4.11. The van der Waals surface area contributed by atoms with Crippen molar-refractivity contribution in [3.63, 3.8) is 0 Å². The predicted octanol–water partition coefficient (Wildman–Crippen LogP) is 3.24. The average Bonchev–Trinajstić information content (AvgIpc) is 2.80. The van der Waals surface area contributed by atoms with E-state index >= 15 is 0 Å². The molecule has 0 aliphatic carbocycles. The Kier molecular flexibility index (Phi) is 2.67. The fourth-order valence-electron chi connectivity index (χ4n) is 1.87. The van der Waals surface area contributed by atoms with E-state index in [1.165, 1.54) is 24.5 Å². The van der Waals surface area contributed by atoms with Crippen LogP contribution < -0.4 is 5.56 Å². The third-order valence-corrected chi connectivity index (χ3v) is 3.99. The number of halogens is 2. The molecule has 0 bridgehead atoms. The zero-order valence-electron chi connectivity index (χ0n) is 9.83. The Balaban J connectivity index is 2.34. The number of hydrogen-bond donors (Lipinski definition) is 1. The fourth-order valence-corrected chi connectivity index (χ4v) is 2.92. The normalized spacial score (nSPS) is 11.1. The first kappa shape index (κ1) is 12.0. The highest BCUT2D eigenvalue weighted by Gasteiger charge is 2.17. The molecule has 3 rings (SSSR count). The SMILES string of the molecule is Cc1ccc(F)c(-c2cc3nc[nH]c(=O)c3s2)c1F. The maximum Gasteiger partial charge on any atom is 0.268 e. The summed E-state index contributed by atoms with van der Waals surface area (Å²) in [6.07, 6.45) is 1.27. The van der Waals surface area contributed by atoms with Gasteiger partial charge in [-0.05, 0) is 24.6 Å². The summed E-state index contributed by atoms with van der Waals surface area (Å²) >= 11 is 1.03. The first-order valence-electron chi connectivity index (χ1n) is 5.50. The van der Waals surface area contributed by atoms with E-state index in [1.807, 2.05) is 0 Å². The number of aromatic nitrogens is 2. The minimum Gasteiger partial charge on any atom is -0.312 e. The smallest absolute Gasteiger partial charge is 0.268 e. The quantitative estimate of drug-likeness (QED) is 0.742. The number of nitrogens with one attached hydrogen (secondary N) is 1. The second-order valence-corrected chi connectivity index (χ2v) is 5.16. The first-order valence-corrected chi connectivity index (χ1v) is 6.32. The lowest BCUT2D eigenvalue weighted by atomic mass is 10.1. The number of H-pyrrole nitrogens is 1. The standard InChI is InChI=1S/C13H8F2N2OS/c1-6-2-3-7(14)10(11(6)15)9-4-8-12(19-9)13(18)17-5-16-8/h2-5H,1H3,(H,16,17,18). The molecule has 0 radical (unpaired) electrons. The molecule has 3 nitrogen and oxygen atoms in total. The van der Waals surface area contributed by atoms with Crippen molar-refractivity contribution in [2.75, 3.05) is 0 Å². The highest BCUT2D eigenvalue weighted by molar-refractivity contribution is 7.22. The molecule has 0 saturated carbocycles. The van der Waals surface area contributed by atoms with Gasteiger partial charge in [-0.2, -0.15) is 0 Å². The molecule has 1 N–H and O–H groups in total. The van der Waals surface area contributed by atoms with Crippen LogP contribution in [0.5, 0.6) is 0 Å². The Bertz CT molecular complexity index is 838. The monoisotopic (exact) mass is 278 g/mol. The van der Waals surface area contributed by atoms with Gasteiger partial charge in [0.1, 0.15) is 16.3 Å². The molecule has 0 saturated heterocycles. The van der Waals surface area contributed by atoms with Crippen LogP contribution in [0.1, 0.15) is 5.56 Å². The van der Waals surface area contributed by atoms with Crippen LogP contribution in [0.2, 0.25) is 0 Å². The van der Waals surface area contributed by atoms with Crippen LogP contribution in [0.25, 0.3) is 20.7 Å². The van der Waals surface area contributed by atoms with E-state index < -0.39 is 11.6 Å². The summed E-state index contributed by atoms with van der Waals surface area (Å²) in [5.41, 5.74) is 0.372. The van der Waals surface area contributed by atoms with Gasteiger partial charge in [-0.1, -0.05) is 6.07 Å². The van der Waals surface area contributed by atoms with Crippen LogP contribution in [0.3, 0.4) is 0 Å². The van der Waals surface area contributed by atoms with Crippen molar-refractivity contribution in [3.05, 3.63) is 52.1 Å². The van der Waals surface area contributed by atoms with Gasteiger partial charge in [0.15, 0.2) is 0 Å². The van der Waals surface area contributed by atoms with Crippen molar-refractivity contribution in [2.45, 2.75) is 6.92 Å². The maximum atomic E-state index is 14.0. The molecular formula is C13H8F2N2OS. The Morgan fingerprint density at radius 1 is 1.32 bits per heavy atom. The number of nitrogens with zero attached hydrogens (tertiary/aromatic N) is 1. The molecule has 0 unspecified atom stereocenters. The highest BCUT2D eigenvalue weighted by atomic mass is 32.1. The first-order chi connectivity index (χ1) is 9.08. The van der Waals surface area contributed by atoms with Gasteiger partial charge < -0.3 is 4.98 Å². The Morgan fingerprint density at radius 2 is 2.11 bits per heavy atom. The van der Waals surface area contributed by atoms with Crippen LogP contribution in [-0.2, 0) is 0 Å². The Hall–Kier alpha value is -2.08. The minimum absolute atomic E-state index is 0.109. The largest absolute Gasteiger partial charge is 0.312 e. The third kappa shape index (κ3) is 1.84. The molecule has 0 aliphatic rings. The zero-order chi connectivity index (χ0) is 13.6. The molecule has 1 aromatic carbocycles. The van der Waals surface area contributed by atoms with Gasteiger partial charge in [0.25, 0.3) is 5.56 Å². The van der Waals surface area contributed by atoms with Crippen LogP contribution in [0.4, 0.5) is 8.78 Å². The molecule has 96 valence electrons. The zero-order valence-corrected chi connectivity index (χ0v) is 10.6. The summed E-state index contributed by atoms with van der Waals surface area (Å²) in [6, 6.07) is 4.12. The Labute approximate surface area is 110 Å². The molecule has 0 amide bonds. The molecule has 19 heavy (non-hydrogen) atoms. The molecule has 0 fully saturated rings. The number of benzene rings is 1. The number of aromatic amines is 1. The van der Waals surface area contributed by atoms with Crippen LogP contribution in [0, 0.1) is 18.6 Å². The summed E-state index contributed by atoms with van der Waals surface area (Å²) in [5, 5.41) is 0. The number of aryl methyl sites for hydroxylation is 1. The van der Waals surface area contributed by atoms with E-state index in [0.717, 1.165) is 11.3 Å². The summed E-state index contributed by atoms with van der Waals surface area (Å²) in [5.74, 6) is -1.26. The molecule has 0 atom stereocenters. The van der Waals surface area contributed by atoms with Crippen LogP contribution in [-0.4, -0.2) is 9.97 Å². The van der Waals surface area contributed by atoms with Gasteiger partial charge >= 0.3 is 0 Å². The van der Waals surface area contributed by atoms with E-state index in [0.29, 0.717) is 20.7 Å². The van der Waals surface area contributed by atoms with Gasteiger partial charge in [0.05, 0.1) is 17.4 Å². The molecular weight excluding hydrogens is 270 g/mol. The van der Waals surface area contributed by atoms with Crippen molar-refractivity contribution in [1.82, 2.24) is 9.97 Å². The van der Waals surface area contributed by atoms with E-state index in [2.05, 4.69) is 9.97 Å². The van der Waals surface area contributed by atoms with Crippen LogP contribution >= 0.6 is 11.3 Å². The number of hydrogen-bond acceptors (Lipinski definition) is 3.